The number of fused-ring (bicyclic) bond motifs is 1. The van der Waals surface area contributed by atoms with Crippen molar-refractivity contribution in [3.8, 4) is 0 Å². The smallest absolute Gasteiger partial charge is 0.163 e. The maximum absolute atomic E-state index is 6.40. The van der Waals surface area contributed by atoms with Crippen molar-refractivity contribution in [1.82, 2.24) is 19.5 Å². The topological polar surface area (TPSA) is 69.6 Å². The van der Waals surface area contributed by atoms with Crippen LogP contribution in [0.2, 0.25) is 0 Å². The van der Waals surface area contributed by atoms with Gasteiger partial charge in [-0.25, -0.2) is 15.0 Å². The fourth-order valence-corrected chi connectivity index (χ4v) is 3.00. The van der Waals surface area contributed by atoms with Crippen LogP contribution in [-0.2, 0) is 0 Å². The molecule has 0 radical (unpaired) electrons. The zero-order valence-electron chi connectivity index (χ0n) is 9.33. The fourth-order valence-electron chi connectivity index (χ4n) is 2.54. The molecule has 3 rings (SSSR count). The Morgan fingerprint density at radius 2 is 2.24 bits per heavy atom. The van der Waals surface area contributed by atoms with E-state index in [2.05, 4.69) is 15.0 Å². The standard InChI is InChI=1S/C11H14ClN5/c12-7-2-1-3-8(13)10(7)17-6-16-9-4-14-5-15-11(9)17/h4-8,10H,1-3,13H2. The van der Waals surface area contributed by atoms with Crippen molar-refractivity contribution < 1.29 is 0 Å². The molecule has 90 valence electrons. The summed E-state index contributed by atoms with van der Waals surface area (Å²) in [4.78, 5) is 12.5. The molecule has 3 unspecified atom stereocenters. The molecule has 0 bridgehead atoms. The summed E-state index contributed by atoms with van der Waals surface area (Å²) in [6, 6.07) is 0.143. The Hall–Kier alpha value is -1.20. The van der Waals surface area contributed by atoms with Crippen LogP contribution in [0.15, 0.2) is 18.9 Å². The molecule has 17 heavy (non-hydrogen) atoms. The summed E-state index contributed by atoms with van der Waals surface area (Å²) in [5, 5.41) is 0.0473. The van der Waals surface area contributed by atoms with Gasteiger partial charge < -0.3 is 10.3 Å². The monoisotopic (exact) mass is 251 g/mol. The molecule has 3 atom stereocenters. The van der Waals surface area contributed by atoms with E-state index in [0.717, 1.165) is 30.4 Å². The maximum Gasteiger partial charge on any atom is 0.163 e. The van der Waals surface area contributed by atoms with Crippen molar-refractivity contribution >= 4 is 22.8 Å². The Bertz CT molecular complexity index is 515. The maximum atomic E-state index is 6.40. The van der Waals surface area contributed by atoms with Crippen molar-refractivity contribution in [3.05, 3.63) is 18.9 Å². The van der Waals surface area contributed by atoms with Gasteiger partial charge in [0.1, 0.15) is 11.8 Å². The molecule has 1 aliphatic carbocycles. The summed E-state index contributed by atoms with van der Waals surface area (Å²) in [7, 11) is 0. The Labute approximate surface area is 104 Å². The highest BCUT2D eigenvalue weighted by atomic mass is 35.5. The third kappa shape index (κ3) is 1.79. The van der Waals surface area contributed by atoms with Gasteiger partial charge >= 0.3 is 0 Å². The van der Waals surface area contributed by atoms with E-state index in [0.29, 0.717) is 0 Å². The number of hydrogen-bond acceptors (Lipinski definition) is 4. The van der Waals surface area contributed by atoms with Crippen LogP contribution in [0.5, 0.6) is 0 Å². The third-order valence-corrected chi connectivity index (χ3v) is 3.86. The van der Waals surface area contributed by atoms with E-state index in [4.69, 9.17) is 17.3 Å². The molecular weight excluding hydrogens is 238 g/mol. The Balaban J connectivity index is 2.07. The van der Waals surface area contributed by atoms with Crippen LogP contribution in [0.1, 0.15) is 25.3 Å². The van der Waals surface area contributed by atoms with E-state index in [1.807, 2.05) is 4.57 Å². The zero-order chi connectivity index (χ0) is 11.8. The minimum Gasteiger partial charge on any atom is -0.326 e. The summed E-state index contributed by atoms with van der Waals surface area (Å²) in [6.07, 6.45) is 8.08. The number of nitrogens with zero attached hydrogens (tertiary/aromatic N) is 4. The van der Waals surface area contributed by atoms with E-state index in [9.17, 15) is 0 Å². The summed E-state index contributed by atoms with van der Waals surface area (Å²) in [6.45, 7) is 0. The molecule has 0 spiro atoms. The van der Waals surface area contributed by atoms with E-state index in [-0.39, 0.29) is 17.5 Å². The molecule has 2 heterocycles. The van der Waals surface area contributed by atoms with E-state index in [1.54, 1.807) is 12.5 Å². The van der Waals surface area contributed by atoms with Crippen LogP contribution in [0.25, 0.3) is 11.2 Å². The molecular formula is C11H14ClN5. The van der Waals surface area contributed by atoms with E-state index in [1.165, 1.54) is 6.33 Å². The molecule has 2 aromatic rings. The van der Waals surface area contributed by atoms with Gasteiger partial charge in [-0.15, -0.1) is 11.6 Å². The lowest BCUT2D eigenvalue weighted by Gasteiger charge is -2.33. The van der Waals surface area contributed by atoms with E-state index < -0.39 is 0 Å². The van der Waals surface area contributed by atoms with Crippen LogP contribution < -0.4 is 5.73 Å². The lowest BCUT2D eigenvalue weighted by atomic mass is 9.90. The first-order chi connectivity index (χ1) is 8.27. The molecule has 0 aliphatic heterocycles. The largest absolute Gasteiger partial charge is 0.326 e. The Kier molecular flexibility index (Phi) is 2.72. The number of alkyl halides is 1. The SMILES string of the molecule is NC1CCCC(Cl)C1n1cnc2cncnc21. The van der Waals surface area contributed by atoms with Gasteiger partial charge in [0.2, 0.25) is 0 Å². The molecule has 2 aromatic heterocycles. The first-order valence-electron chi connectivity index (χ1n) is 5.79. The van der Waals surface area contributed by atoms with Crippen molar-refractivity contribution in [2.45, 2.75) is 36.7 Å². The predicted octanol–water partition coefficient (Wildman–Crippen LogP) is 1.49. The average Bonchev–Trinajstić information content (AvgIpc) is 2.73. The van der Waals surface area contributed by atoms with Gasteiger partial charge in [-0.2, -0.15) is 0 Å². The second-order valence-electron chi connectivity index (χ2n) is 4.48. The van der Waals surface area contributed by atoms with Gasteiger partial charge in [0.15, 0.2) is 5.65 Å². The van der Waals surface area contributed by atoms with Crippen molar-refractivity contribution in [2.24, 2.45) is 5.73 Å². The highest BCUT2D eigenvalue weighted by Crippen LogP contribution is 2.33. The quantitative estimate of drug-likeness (QED) is 0.780. The molecule has 1 fully saturated rings. The molecule has 2 N–H and O–H groups in total. The molecule has 1 aliphatic rings. The summed E-state index contributed by atoms with van der Waals surface area (Å²) in [5.74, 6) is 0. The first-order valence-corrected chi connectivity index (χ1v) is 6.23. The van der Waals surface area contributed by atoms with Crippen LogP contribution in [0.3, 0.4) is 0 Å². The van der Waals surface area contributed by atoms with Crippen molar-refractivity contribution in [1.29, 1.82) is 0 Å². The minimum atomic E-state index is 0.0473. The number of nitrogens with two attached hydrogens (primary N) is 1. The van der Waals surface area contributed by atoms with Gasteiger partial charge in [-0.05, 0) is 12.8 Å². The number of hydrogen-bond donors (Lipinski definition) is 1. The number of halogens is 1. The molecule has 6 heteroatoms. The molecule has 5 nitrogen and oxygen atoms in total. The third-order valence-electron chi connectivity index (χ3n) is 3.39. The lowest BCUT2D eigenvalue weighted by molar-refractivity contribution is 0.316. The van der Waals surface area contributed by atoms with Gasteiger partial charge in [0.05, 0.1) is 23.9 Å². The number of rotatable bonds is 1. The van der Waals surface area contributed by atoms with Crippen LogP contribution in [0, 0.1) is 0 Å². The molecule has 0 aromatic carbocycles. The first kappa shape index (κ1) is 10.9. The van der Waals surface area contributed by atoms with Crippen LogP contribution >= 0.6 is 11.6 Å². The summed E-state index contributed by atoms with van der Waals surface area (Å²) in [5.41, 5.74) is 7.77. The zero-order valence-corrected chi connectivity index (χ0v) is 10.1. The highest BCUT2D eigenvalue weighted by molar-refractivity contribution is 6.21. The van der Waals surface area contributed by atoms with Crippen molar-refractivity contribution in [2.75, 3.05) is 0 Å². The normalized spacial score (nSPS) is 29.6. The number of imidazole rings is 1. The minimum absolute atomic E-state index is 0.0473. The van der Waals surface area contributed by atoms with Gasteiger partial charge in [0.25, 0.3) is 0 Å². The van der Waals surface area contributed by atoms with Gasteiger partial charge in [-0.3, -0.25) is 0 Å². The average molecular weight is 252 g/mol. The number of aromatic nitrogens is 4. The molecule has 0 amide bonds. The Morgan fingerprint density at radius 1 is 1.35 bits per heavy atom. The molecule has 1 saturated carbocycles. The predicted molar refractivity (Wildman–Crippen MR) is 65.8 cm³/mol. The van der Waals surface area contributed by atoms with E-state index >= 15 is 0 Å². The van der Waals surface area contributed by atoms with Gasteiger partial charge in [-0.1, -0.05) is 6.42 Å². The second-order valence-corrected chi connectivity index (χ2v) is 5.05. The van der Waals surface area contributed by atoms with Gasteiger partial charge in [0, 0.05) is 6.04 Å². The van der Waals surface area contributed by atoms with Crippen LogP contribution in [-0.4, -0.2) is 30.9 Å². The van der Waals surface area contributed by atoms with Crippen LogP contribution in [0.4, 0.5) is 0 Å². The summed E-state index contributed by atoms with van der Waals surface area (Å²) < 4.78 is 2.00. The second kappa shape index (κ2) is 4.23. The van der Waals surface area contributed by atoms with Crippen molar-refractivity contribution in [3.63, 3.8) is 0 Å². The highest BCUT2D eigenvalue weighted by Gasteiger charge is 2.32. The Morgan fingerprint density at radius 3 is 3.06 bits per heavy atom. The summed E-state index contributed by atoms with van der Waals surface area (Å²) >= 11 is 6.40. The lowest BCUT2D eigenvalue weighted by Crippen LogP contribution is -2.40. The molecule has 0 saturated heterocycles. The fraction of sp³-hybridized carbons (Fsp3) is 0.545.